The Morgan fingerprint density at radius 3 is 2.39 bits per heavy atom. The lowest BCUT2D eigenvalue weighted by Gasteiger charge is -2.21. The highest BCUT2D eigenvalue weighted by Gasteiger charge is 2.08. The average Bonchev–Trinajstić information content (AvgIpc) is 2.27. The molecule has 0 heterocycles. The third kappa shape index (κ3) is 4.31. The van der Waals surface area contributed by atoms with Crippen molar-refractivity contribution in [3.63, 3.8) is 0 Å². The minimum Gasteiger partial charge on any atom is -0.373 e. The minimum absolute atomic E-state index is 0.0405. The average molecular weight is 269 g/mol. The molecule has 0 unspecified atom stereocenters. The third-order valence-corrected chi connectivity index (χ3v) is 3.17. The summed E-state index contributed by atoms with van der Waals surface area (Å²) in [6.45, 7) is 3.54. The van der Waals surface area contributed by atoms with Gasteiger partial charge in [0.1, 0.15) is 0 Å². The first-order valence-corrected chi connectivity index (χ1v) is 6.46. The molecule has 1 aromatic carbocycles. The molecule has 0 fully saturated rings. The van der Waals surface area contributed by atoms with Gasteiger partial charge in [-0.05, 0) is 52.2 Å². The smallest absolute Gasteiger partial charge is 0.159 e. The molecule has 0 spiro atoms. The van der Waals surface area contributed by atoms with Crippen molar-refractivity contribution in [3.05, 3.63) is 28.8 Å². The quantitative estimate of drug-likeness (QED) is 0.741. The molecule has 3 nitrogen and oxygen atoms in total. The highest BCUT2D eigenvalue weighted by atomic mass is 35.5. The van der Waals surface area contributed by atoms with Gasteiger partial charge in [-0.3, -0.25) is 4.79 Å². The highest BCUT2D eigenvalue weighted by Crippen LogP contribution is 2.26. The number of halogens is 1. The zero-order chi connectivity index (χ0) is 13.7. The number of nitrogens with zero attached hydrogens (tertiary/aromatic N) is 2. The predicted molar refractivity (Wildman–Crippen MR) is 77.9 cm³/mol. The molecule has 0 aliphatic carbocycles. The van der Waals surface area contributed by atoms with Crippen LogP contribution in [0.5, 0.6) is 0 Å². The summed E-state index contributed by atoms with van der Waals surface area (Å²) < 4.78 is 0. The van der Waals surface area contributed by atoms with Gasteiger partial charge >= 0.3 is 0 Å². The molecule has 1 rings (SSSR count). The molecule has 0 aromatic heterocycles. The van der Waals surface area contributed by atoms with Gasteiger partial charge in [-0.15, -0.1) is 0 Å². The van der Waals surface area contributed by atoms with Crippen LogP contribution in [0.3, 0.4) is 0 Å². The van der Waals surface area contributed by atoms with Gasteiger partial charge in [0.25, 0.3) is 0 Å². The van der Waals surface area contributed by atoms with E-state index >= 15 is 0 Å². The van der Waals surface area contributed by atoms with E-state index in [-0.39, 0.29) is 5.78 Å². The fourth-order valence-corrected chi connectivity index (χ4v) is 2.10. The minimum atomic E-state index is 0.0405. The molecule has 0 saturated carbocycles. The van der Waals surface area contributed by atoms with E-state index in [2.05, 4.69) is 23.9 Å². The van der Waals surface area contributed by atoms with Crippen molar-refractivity contribution in [2.45, 2.75) is 13.3 Å². The highest BCUT2D eigenvalue weighted by molar-refractivity contribution is 6.33. The SMILES string of the molecule is CC(=O)c1ccc(N(C)CCCN(C)C)c(Cl)c1. The lowest BCUT2D eigenvalue weighted by atomic mass is 10.1. The lowest BCUT2D eigenvalue weighted by molar-refractivity contribution is 0.101. The second kappa shape index (κ2) is 6.76. The monoisotopic (exact) mass is 268 g/mol. The van der Waals surface area contributed by atoms with E-state index in [4.69, 9.17) is 11.6 Å². The zero-order valence-electron chi connectivity index (χ0n) is 11.5. The van der Waals surface area contributed by atoms with Gasteiger partial charge in [0.15, 0.2) is 5.78 Å². The van der Waals surface area contributed by atoms with Crippen molar-refractivity contribution in [1.29, 1.82) is 0 Å². The molecule has 1 aromatic rings. The Balaban J connectivity index is 2.68. The molecule has 0 atom stereocenters. The van der Waals surface area contributed by atoms with Crippen molar-refractivity contribution in [2.24, 2.45) is 0 Å². The molecular weight excluding hydrogens is 248 g/mol. The molecule has 0 N–H and O–H groups in total. The van der Waals surface area contributed by atoms with E-state index in [1.807, 2.05) is 19.2 Å². The molecule has 0 aliphatic rings. The van der Waals surface area contributed by atoms with Gasteiger partial charge < -0.3 is 9.80 Å². The van der Waals surface area contributed by atoms with Crippen LogP contribution in [0.1, 0.15) is 23.7 Å². The van der Waals surface area contributed by atoms with Crippen LogP contribution in [0.4, 0.5) is 5.69 Å². The van der Waals surface area contributed by atoms with Crippen molar-refractivity contribution >= 4 is 23.1 Å². The van der Waals surface area contributed by atoms with Crippen LogP contribution in [0.15, 0.2) is 18.2 Å². The predicted octanol–water partition coefficient (Wildman–Crippen LogP) is 2.93. The standard InChI is InChI=1S/C14H21ClN2O/c1-11(18)12-6-7-14(13(15)10-12)17(4)9-5-8-16(2)3/h6-7,10H,5,8-9H2,1-4H3. The van der Waals surface area contributed by atoms with Gasteiger partial charge in [0.05, 0.1) is 10.7 Å². The summed E-state index contributed by atoms with van der Waals surface area (Å²) in [6.07, 6.45) is 1.08. The largest absolute Gasteiger partial charge is 0.373 e. The van der Waals surface area contributed by atoms with Crippen molar-refractivity contribution < 1.29 is 4.79 Å². The number of carbonyl (C=O) groups is 1. The Labute approximate surface area is 114 Å². The lowest BCUT2D eigenvalue weighted by Crippen LogP contribution is -2.23. The fourth-order valence-electron chi connectivity index (χ4n) is 1.78. The maximum absolute atomic E-state index is 11.2. The summed E-state index contributed by atoms with van der Waals surface area (Å²) in [7, 11) is 6.15. The summed E-state index contributed by atoms with van der Waals surface area (Å²) in [6, 6.07) is 5.47. The number of hydrogen-bond donors (Lipinski definition) is 0. The number of ketones is 1. The number of Topliss-reactive ketones (excluding diaryl/α,β-unsaturated/α-hetero) is 1. The topological polar surface area (TPSA) is 23.6 Å². The number of rotatable bonds is 6. The Morgan fingerprint density at radius 1 is 1.22 bits per heavy atom. The van der Waals surface area contributed by atoms with E-state index < -0.39 is 0 Å². The Bertz CT molecular complexity index is 418. The van der Waals surface area contributed by atoms with Crippen molar-refractivity contribution in [3.8, 4) is 0 Å². The molecule has 18 heavy (non-hydrogen) atoms. The number of hydrogen-bond acceptors (Lipinski definition) is 3. The van der Waals surface area contributed by atoms with Gasteiger partial charge in [0, 0.05) is 19.2 Å². The van der Waals surface area contributed by atoms with Gasteiger partial charge in [0.2, 0.25) is 0 Å². The fraction of sp³-hybridized carbons (Fsp3) is 0.500. The molecule has 0 amide bonds. The molecule has 0 aliphatic heterocycles. The van der Waals surface area contributed by atoms with Crippen LogP contribution < -0.4 is 4.90 Å². The van der Waals surface area contributed by atoms with E-state index in [1.54, 1.807) is 13.0 Å². The summed E-state index contributed by atoms with van der Waals surface area (Å²) >= 11 is 6.21. The maximum Gasteiger partial charge on any atom is 0.159 e. The van der Waals surface area contributed by atoms with Gasteiger partial charge in [-0.1, -0.05) is 11.6 Å². The zero-order valence-corrected chi connectivity index (χ0v) is 12.3. The molecule has 0 bridgehead atoms. The Morgan fingerprint density at radius 2 is 1.89 bits per heavy atom. The summed E-state index contributed by atoms with van der Waals surface area (Å²) in [4.78, 5) is 15.5. The summed E-state index contributed by atoms with van der Waals surface area (Å²) in [5.41, 5.74) is 1.63. The summed E-state index contributed by atoms with van der Waals surface area (Å²) in [5.74, 6) is 0.0405. The van der Waals surface area contributed by atoms with Crippen LogP contribution in [-0.2, 0) is 0 Å². The van der Waals surface area contributed by atoms with Crippen LogP contribution in [-0.4, -0.2) is 44.9 Å². The molecule has 0 radical (unpaired) electrons. The molecule has 4 heteroatoms. The van der Waals surface area contributed by atoms with Crippen molar-refractivity contribution in [2.75, 3.05) is 39.1 Å². The Kier molecular flexibility index (Phi) is 5.63. The molecule has 100 valence electrons. The van der Waals surface area contributed by atoms with Crippen LogP contribution in [0, 0.1) is 0 Å². The number of carbonyl (C=O) groups excluding carboxylic acids is 1. The van der Waals surface area contributed by atoms with Crippen LogP contribution >= 0.6 is 11.6 Å². The van der Waals surface area contributed by atoms with Gasteiger partial charge in [-0.25, -0.2) is 0 Å². The van der Waals surface area contributed by atoms with Gasteiger partial charge in [-0.2, -0.15) is 0 Å². The first-order valence-electron chi connectivity index (χ1n) is 6.08. The van der Waals surface area contributed by atoms with Crippen LogP contribution in [0.2, 0.25) is 5.02 Å². The molecule has 0 saturated heterocycles. The third-order valence-electron chi connectivity index (χ3n) is 2.86. The maximum atomic E-state index is 11.2. The normalized spacial score (nSPS) is 10.8. The number of benzene rings is 1. The Hall–Kier alpha value is -1.06. The first-order chi connectivity index (χ1) is 8.41. The van der Waals surface area contributed by atoms with Crippen LogP contribution in [0.25, 0.3) is 0 Å². The second-order valence-corrected chi connectivity index (χ2v) is 5.21. The van der Waals surface area contributed by atoms with E-state index in [1.165, 1.54) is 0 Å². The van der Waals surface area contributed by atoms with E-state index in [0.29, 0.717) is 10.6 Å². The van der Waals surface area contributed by atoms with E-state index in [0.717, 1.165) is 25.2 Å². The van der Waals surface area contributed by atoms with Crippen molar-refractivity contribution in [1.82, 2.24) is 4.90 Å². The molecular formula is C14H21ClN2O. The first kappa shape index (κ1) is 15.0. The summed E-state index contributed by atoms with van der Waals surface area (Å²) in [5, 5.41) is 0.634. The number of anilines is 1. The van der Waals surface area contributed by atoms with E-state index in [9.17, 15) is 4.79 Å². The second-order valence-electron chi connectivity index (χ2n) is 4.80.